The molecular formula is C55H67N7O19P3S3+. The summed E-state index contributed by atoms with van der Waals surface area (Å²) in [7, 11) is -25.6. The van der Waals surface area contributed by atoms with Gasteiger partial charge in [0.25, 0.3) is 20.2 Å². The number of thiocarbonyl (C=S) groups is 1. The number of benzene rings is 3. The number of nitrogens with one attached hydrogen (secondary N) is 2. The van der Waals surface area contributed by atoms with Gasteiger partial charge in [-0.25, -0.2) is 18.5 Å². The molecule has 2 unspecified atom stereocenters. The van der Waals surface area contributed by atoms with Crippen LogP contribution in [0.2, 0.25) is 0 Å². The summed E-state index contributed by atoms with van der Waals surface area (Å²) in [5, 5.41) is 6.46. The number of rotatable bonds is 21. The Kier molecular flexibility index (Phi) is 20.2. The van der Waals surface area contributed by atoms with Crippen LogP contribution < -0.4 is 31.7 Å². The molecular weight excluding hydrogens is 1250 g/mol. The molecule has 1 saturated heterocycles. The largest absolute Gasteiger partial charge is 0.490 e. The molecule has 0 bridgehead atoms. The number of fused-ring (bicyclic) bond motifs is 2. The van der Waals surface area contributed by atoms with Gasteiger partial charge in [0.2, 0.25) is 5.69 Å². The minimum atomic E-state index is -5.72. The maximum absolute atomic E-state index is 12.8. The van der Waals surface area contributed by atoms with Gasteiger partial charge < -0.3 is 50.3 Å². The highest BCUT2D eigenvalue weighted by Crippen LogP contribution is 2.66. The lowest BCUT2D eigenvalue weighted by atomic mass is 9.81. The van der Waals surface area contributed by atoms with E-state index in [1.165, 1.54) is 30.5 Å². The molecule has 1 aliphatic carbocycles. The summed E-state index contributed by atoms with van der Waals surface area (Å²) >= 11 is 5.50. The van der Waals surface area contributed by atoms with E-state index in [4.69, 9.17) is 37.2 Å². The van der Waals surface area contributed by atoms with Crippen molar-refractivity contribution >= 4 is 83.9 Å². The van der Waals surface area contributed by atoms with Gasteiger partial charge in [0.05, 0.1) is 40.0 Å². The zero-order chi connectivity index (χ0) is 63.7. The molecule has 3 aromatic carbocycles. The van der Waals surface area contributed by atoms with Crippen molar-refractivity contribution in [2.75, 3.05) is 43.4 Å². The van der Waals surface area contributed by atoms with Crippen molar-refractivity contribution in [1.29, 1.82) is 0 Å². The molecule has 468 valence electrons. The lowest BCUT2D eigenvalue weighted by Gasteiger charge is -2.26. The Bertz CT molecular complexity index is 4070. The minimum Gasteiger partial charge on any atom is -0.457 e. The summed E-state index contributed by atoms with van der Waals surface area (Å²) in [4.78, 5) is 55.0. The molecule has 4 aromatic rings. The van der Waals surface area contributed by atoms with Crippen molar-refractivity contribution in [3.05, 3.63) is 147 Å². The van der Waals surface area contributed by atoms with Crippen LogP contribution in [0.4, 0.5) is 17.2 Å². The minimum absolute atomic E-state index is 0.0687. The fourth-order valence-electron chi connectivity index (χ4n) is 10.8. The zero-order valence-electron chi connectivity index (χ0n) is 48.0. The van der Waals surface area contributed by atoms with Crippen LogP contribution in [0, 0.1) is 11.8 Å². The van der Waals surface area contributed by atoms with Gasteiger partial charge in [-0.3, -0.25) is 18.2 Å². The molecule has 0 saturated carbocycles. The number of ether oxygens (including phenoxy) is 2. The molecule has 0 radical (unpaired) electrons. The van der Waals surface area contributed by atoms with E-state index in [2.05, 4.69) is 62.2 Å². The standard InChI is InChI=1S/C55H66N7O19P3S3/c1-7-60-45-23-21-41(86(71,72)73)31-43(45)54(3,4)47(60)25-16-36-11-9-12-37(17-26-48-55(5,6)44-32-42(87(74,75)76)22-24-46(44)61(48)8-2)50(36)79-39-18-14-35(15-19-39)28-30-58-52(85)57-29-10-13-38-33-62(53(63)59-51(38)56)49-27-20-40(78-49)34-77-83(67,68)81-84(69,70)80-82(64,65)66/h14-19,21-26,31-33,40,49H,7-9,11-12,20,27-30,34H2,1-6H3,(H9-,56,57,58,59,63,64,65,66,67,68,69,70,71,72,73,74,75,76,85)/p+1/t40-,49+/m0/s1. The van der Waals surface area contributed by atoms with Gasteiger partial charge in [0.1, 0.15) is 30.1 Å². The van der Waals surface area contributed by atoms with Crippen LogP contribution in [0.15, 0.2) is 128 Å². The second-order valence-corrected chi connectivity index (χ2v) is 29.2. The van der Waals surface area contributed by atoms with Gasteiger partial charge in [-0.05, 0) is 155 Å². The summed E-state index contributed by atoms with van der Waals surface area (Å²) in [5.74, 6) is 6.80. The molecule has 0 amide bonds. The van der Waals surface area contributed by atoms with Gasteiger partial charge in [-0.2, -0.15) is 35.0 Å². The van der Waals surface area contributed by atoms with Crippen LogP contribution in [0.3, 0.4) is 0 Å². The quantitative estimate of drug-likeness (QED) is 0.0128. The zero-order valence-corrected chi connectivity index (χ0v) is 53.1. The predicted octanol–water partition coefficient (Wildman–Crippen LogP) is 7.50. The number of hydrogen-bond donors (Lipinski definition) is 9. The summed E-state index contributed by atoms with van der Waals surface area (Å²) < 4.78 is 131. The van der Waals surface area contributed by atoms with E-state index in [9.17, 15) is 54.2 Å². The monoisotopic (exact) mass is 1320 g/mol. The van der Waals surface area contributed by atoms with Gasteiger partial charge in [-0.15, -0.1) is 0 Å². The number of allylic oxidation sites excluding steroid dienone is 7. The second-order valence-electron chi connectivity index (χ2n) is 21.5. The summed E-state index contributed by atoms with van der Waals surface area (Å²) in [6.07, 6.45) is 10.7. The Balaban J connectivity index is 0.934. The number of anilines is 2. The maximum Gasteiger partial charge on any atom is 0.490 e. The van der Waals surface area contributed by atoms with Gasteiger partial charge in [-0.1, -0.05) is 43.9 Å². The van der Waals surface area contributed by atoms with E-state index < -0.39 is 79.2 Å². The fraction of sp³-hybridized carbons (Fsp3) is 0.382. The van der Waals surface area contributed by atoms with E-state index in [1.54, 1.807) is 12.1 Å². The van der Waals surface area contributed by atoms with Gasteiger partial charge in [0, 0.05) is 53.8 Å². The lowest BCUT2D eigenvalue weighted by Crippen LogP contribution is -2.36. The molecule has 3 aliphatic heterocycles. The third-order valence-electron chi connectivity index (χ3n) is 14.9. The van der Waals surface area contributed by atoms with E-state index >= 15 is 0 Å². The SMILES string of the molecule is CCN1/C(=C/C=C2\CCCC(/C=C/C3=[N+](CC)c4ccc(S(=O)(=O)O)cc4C3(C)C)=C2Oc2ccc(CCNC(=S)NCC#Cc3cn([C@H]4CC[C@@H](COP(=O)(O)OP(=O)(O)OP(=O)(O)O)O4)c(=O)nc3N)cc2)C(C)(C)c2cc(S(=O)(=O)O)ccc21. The molecule has 1 aromatic heterocycles. The number of phosphoric ester groups is 1. The number of likely N-dealkylation sites (N-methyl/N-ethyl adjacent to an activating group) is 1. The molecule has 4 heterocycles. The third kappa shape index (κ3) is 16.1. The third-order valence-corrected chi connectivity index (χ3v) is 20.7. The van der Waals surface area contributed by atoms with Gasteiger partial charge in [0.15, 0.2) is 10.8 Å². The highest BCUT2D eigenvalue weighted by Gasteiger charge is 2.46. The summed E-state index contributed by atoms with van der Waals surface area (Å²) in [5.41, 5.74) is 12.0. The normalized spacial score (nSPS) is 20.7. The number of aromatic nitrogens is 2. The molecule has 8 rings (SSSR count). The highest BCUT2D eigenvalue weighted by atomic mass is 32.2. The van der Waals surface area contributed by atoms with Crippen molar-refractivity contribution in [1.82, 2.24) is 20.2 Å². The lowest BCUT2D eigenvalue weighted by molar-refractivity contribution is -0.433. The Morgan fingerprint density at radius 1 is 0.885 bits per heavy atom. The smallest absolute Gasteiger partial charge is 0.457 e. The van der Waals surface area contributed by atoms with Crippen molar-refractivity contribution < 1.29 is 86.4 Å². The topological polar surface area (TPSA) is 378 Å². The first-order chi connectivity index (χ1) is 40.6. The van der Waals surface area contributed by atoms with Gasteiger partial charge >= 0.3 is 29.2 Å². The average molecular weight is 1320 g/mol. The van der Waals surface area contributed by atoms with Crippen molar-refractivity contribution in [2.45, 2.75) is 113 Å². The molecule has 87 heavy (non-hydrogen) atoms. The Labute approximate surface area is 508 Å². The number of nitrogens with two attached hydrogens (primary N) is 1. The Hall–Kier alpha value is -5.99. The summed E-state index contributed by atoms with van der Waals surface area (Å²) in [6, 6.07) is 17.0. The van der Waals surface area contributed by atoms with Crippen molar-refractivity contribution in [2.24, 2.45) is 0 Å². The highest BCUT2D eigenvalue weighted by molar-refractivity contribution is 7.86. The van der Waals surface area contributed by atoms with Crippen LogP contribution in [-0.2, 0) is 69.1 Å². The van der Waals surface area contributed by atoms with E-state index in [0.717, 1.165) is 61.6 Å². The molecule has 26 nitrogen and oxygen atoms in total. The molecule has 0 spiro atoms. The molecule has 32 heteroatoms. The first-order valence-electron chi connectivity index (χ1n) is 27.2. The Morgan fingerprint density at radius 2 is 1.56 bits per heavy atom. The molecule has 4 atom stereocenters. The summed E-state index contributed by atoms with van der Waals surface area (Å²) in [6.45, 7) is 13.1. The first kappa shape index (κ1) is 67.0. The maximum atomic E-state index is 12.8. The van der Waals surface area contributed by atoms with Crippen LogP contribution in [0.1, 0.15) is 102 Å². The fourth-order valence-corrected chi connectivity index (χ4v) is 15.0. The Morgan fingerprint density at radius 3 is 2.22 bits per heavy atom. The van der Waals surface area contributed by atoms with E-state index in [-0.39, 0.29) is 40.6 Å². The second kappa shape index (κ2) is 26.2. The van der Waals surface area contributed by atoms with E-state index in [0.29, 0.717) is 55.5 Å². The van der Waals surface area contributed by atoms with Crippen molar-refractivity contribution in [3.8, 4) is 17.6 Å². The van der Waals surface area contributed by atoms with Crippen LogP contribution >= 0.6 is 35.7 Å². The molecule has 4 aliphatic rings. The number of nitrogen functional groups attached to an aromatic ring is 1. The number of nitrogens with zero attached hydrogens (tertiary/aromatic N) is 4. The average Bonchev–Trinajstić information content (AvgIpc) is 1.61. The number of hydrogen-bond acceptors (Lipinski definition) is 17. The van der Waals surface area contributed by atoms with Crippen LogP contribution in [0.25, 0.3) is 0 Å². The van der Waals surface area contributed by atoms with Crippen molar-refractivity contribution in [3.63, 3.8) is 0 Å². The van der Waals surface area contributed by atoms with Crippen LogP contribution in [0.5, 0.6) is 5.75 Å². The predicted molar refractivity (Wildman–Crippen MR) is 325 cm³/mol. The first-order valence-corrected chi connectivity index (χ1v) is 35.0. The molecule has 1 fully saturated rings. The van der Waals surface area contributed by atoms with E-state index in [1.807, 2.05) is 78.0 Å². The van der Waals surface area contributed by atoms with Crippen LogP contribution in [-0.4, -0.2) is 109 Å². The molecule has 10 N–H and O–H groups in total. The number of phosphoric acid groups is 3.